The van der Waals surface area contributed by atoms with Gasteiger partial charge < -0.3 is 5.32 Å². The number of halogens is 2. The predicted molar refractivity (Wildman–Crippen MR) is 87.5 cm³/mol. The summed E-state index contributed by atoms with van der Waals surface area (Å²) < 4.78 is 1.02. The molecule has 0 aliphatic heterocycles. The minimum Gasteiger partial charge on any atom is -0.306 e. The van der Waals surface area contributed by atoms with Crippen LogP contribution in [0.2, 0.25) is 5.02 Å². The van der Waals surface area contributed by atoms with Crippen molar-refractivity contribution in [3.63, 3.8) is 0 Å². The summed E-state index contributed by atoms with van der Waals surface area (Å²) in [5, 5.41) is 14.7. The van der Waals surface area contributed by atoms with E-state index in [0.717, 1.165) is 10.0 Å². The van der Waals surface area contributed by atoms with Crippen LogP contribution in [-0.4, -0.2) is 4.92 Å². The van der Waals surface area contributed by atoms with E-state index in [0.29, 0.717) is 17.1 Å². The van der Waals surface area contributed by atoms with Gasteiger partial charge >= 0.3 is 0 Å². The van der Waals surface area contributed by atoms with Gasteiger partial charge in [0.2, 0.25) is 0 Å². The number of hydrogen-bond acceptors (Lipinski definition) is 3. The van der Waals surface area contributed by atoms with E-state index in [9.17, 15) is 10.1 Å². The number of nitro benzene ring substituents is 1. The van der Waals surface area contributed by atoms with Crippen LogP contribution >= 0.6 is 27.5 Å². The van der Waals surface area contributed by atoms with E-state index in [1.807, 2.05) is 31.2 Å². The van der Waals surface area contributed by atoms with E-state index >= 15 is 0 Å². The van der Waals surface area contributed by atoms with Gasteiger partial charge in [0.25, 0.3) is 5.69 Å². The highest BCUT2D eigenvalue weighted by Gasteiger charge is 2.15. The number of nitrogens with zero attached hydrogens (tertiary/aromatic N) is 1. The monoisotopic (exact) mass is 368 g/mol. The lowest BCUT2D eigenvalue weighted by Crippen LogP contribution is -2.18. The van der Waals surface area contributed by atoms with Gasteiger partial charge in [0.1, 0.15) is 0 Å². The topological polar surface area (TPSA) is 55.2 Å². The minimum absolute atomic E-state index is 0.0398. The van der Waals surface area contributed by atoms with E-state index in [1.54, 1.807) is 12.1 Å². The van der Waals surface area contributed by atoms with Crippen LogP contribution in [0.5, 0.6) is 0 Å². The Morgan fingerprint density at radius 1 is 1.29 bits per heavy atom. The second-order valence-electron chi connectivity index (χ2n) is 4.68. The van der Waals surface area contributed by atoms with Gasteiger partial charge in [-0.25, -0.2) is 0 Å². The molecule has 6 heteroatoms. The highest BCUT2D eigenvalue weighted by atomic mass is 79.9. The molecule has 21 heavy (non-hydrogen) atoms. The van der Waals surface area contributed by atoms with Crippen molar-refractivity contribution in [3.05, 3.63) is 73.2 Å². The second kappa shape index (κ2) is 7.02. The first-order valence-electron chi connectivity index (χ1n) is 6.39. The molecule has 0 heterocycles. The van der Waals surface area contributed by atoms with Crippen LogP contribution in [-0.2, 0) is 6.54 Å². The third-order valence-corrected chi connectivity index (χ3v) is 3.98. The van der Waals surface area contributed by atoms with Crippen LogP contribution in [0.1, 0.15) is 24.1 Å². The molecule has 0 saturated heterocycles. The largest absolute Gasteiger partial charge is 0.306 e. The van der Waals surface area contributed by atoms with Crippen molar-refractivity contribution in [2.75, 3.05) is 0 Å². The number of hydrogen-bond donors (Lipinski definition) is 1. The Morgan fingerprint density at radius 3 is 2.57 bits per heavy atom. The zero-order chi connectivity index (χ0) is 15.4. The molecule has 0 aliphatic carbocycles. The fourth-order valence-electron chi connectivity index (χ4n) is 1.99. The smallest absolute Gasteiger partial charge is 0.275 e. The predicted octanol–water partition coefficient (Wildman–Crippen LogP) is 4.86. The maximum absolute atomic E-state index is 11.0. The number of nitrogens with one attached hydrogen (secondary N) is 1. The van der Waals surface area contributed by atoms with Crippen LogP contribution in [0.4, 0.5) is 5.69 Å². The summed E-state index contributed by atoms with van der Waals surface area (Å²) in [6, 6.07) is 12.8. The molecule has 2 aromatic rings. The molecular formula is C15H14BrClN2O2. The molecule has 0 spiro atoms. The first-order valence-corrected chi connectivity index (χ1v) is 7.56. The summed E-state index contributed by atoms with van der Waals surface area (Å²) in [5.41, 5.74) is 1.78. The van der Waals surface area contributed by atoms with Crippen molar-refractivity contribution in [3.8, 4) is 0 Å². The summed E-state index contributed by atoms with van der Waals surface area (Å²) in [6.45, 7) is 2.43. The summed E-state index contributed by atoms with van der Waals surface area (Å²) in [5.74, 6) is 0. The van der Waals surface area contributed by atoms with Gasteiger partial charge in [-0.2, -0.15) is 0 Å². The Kier molecular flexibility index (Phi) is 5.33. The molecule has 2 aromatic carbocycles. The maximum atomic E-state index is 11.0. The first-order chi connectivity index (χ1) is 9.97. The van der Waals surface area contributed by atoms with Crippen LogP contribution in [0.15, 0.2) is 46.9 Å². The molecule has 0 aliphatic rings. The lowest BCUT2D eigenvalue weighted by atomic mass is 10.1. The molecule has 110 valence electrons. The summed E-state index contributed by atoms with van der Waals surface area (Å²) in [4.78, 5) is 10.6. The van der Waals surface area contributed by atoms with Gasteiger partial charge in [-0.15, -0.1) is 0 Å². The van der Waals surface area contributed by atoms with Crippen LogP contribution in [0.25, 0.3) is 0 Å². The number of nitro groups is 1. The Hall–Kier alpha value is -1.43. The van der Waals surface area contributed by atoms with Crippen molar-refractivity contribution >= 4 is 33.2 Å². The molecule has 1 N–H and O–H groups in total. The van der Waals surface area contributed by atoms with Crippen molar-refractivity contribution in [1.29, 1.82) is 0 Å². The maximum Gasteiger partial charge on any atom is 0.275 e. The molecule has 0 aromatic heterocycles. The highest BCUT2D eigenvalue weighted by molar-refractivity contribution is 9.10. The summed E-state index contributed by atoms with van der Waals surface area (Å²) in [6.07, 6.45) is 0. The Labute approximate surface area is 136 Å². The second-order valence-corrected chi connectivity index (χ2v) is 6.04. The van der Waals surface area contributed by atoms with Crippen molar-refractivity contribution in [2.45, 2.75) is 19.5 Å². The van der Waals surface area contributed by atoms with Gasteiger partial charge in [0.05, 0.1) is 4.92 Å². The lowest BCUT2D eigenvalue weighted by Gasteiger charge is -2.14. The number of benzene rings is 2. The first kappa shape index (κ1) is 15.9. The SMILES string of the molecule is C[C@H](NCc1ccc(Cl)cc1[N+](=O)[O-])c1ccc(Br)cc1. The summed E-state index contributed by atoms with van der Waals surface area (Å²) in [7, 11) is 0. The van der Waals surface area contributed by atoms with Crippen LogP contribution < -0.4 is 5.32 Å². The Morgan fingerprint density at radius 2 is 1.95 bits per heavy atom. The Balaban J connectivity index is 2.09. The van der Waals surface area contributed by atoms with Gasteiger partial charge in [-0.05, 0) is 36.8 Å². The molecule has 0 bridgehead atoms. The van der Waals surface area contributed by atoms with Gasteiger partial charge in [-0.1, -0.05) is 39.7 Å². The zero-order valence-electron chi connectivity index (χ0n) is 11.3. The Bertz CT molecular complexity index is 647. The molecule has 0 fully saturated rings. The van der Waals surface area contributed by atoms with E-state index in [4.69, 9.17) is 11.6 Å². The molecule has 2 rings (SSSR count). The highest BCUT2D eigenvalue weighted by Crippen LogP contribution is 2.24. The molecule has 1 atom stereocenters. The standard InChI is InChI=1S/C15H14BrClN2O2/c1-10(11-2-5-13(16)6-3-11)18-9-12-4-7-14(17)8-15(12)19(20)21/h2-8,10,18H,9H2,1H3/t10-/m0/s1. The zero-order valence-corrected chi connectivity index (χ0v) is 13.7. The van der Waals surface area contributed by atoms with Gasteiger partial charge in [0, 0.05) is 33.7 Å². The van der Waals surface area contributed by atoms with Gasteiger partial charge in [-0.3, -0.25) is 10.1 Å². The van der Waals surface area contributed by atoms with Crippen molar-refractivity contribution < 1.29 is 4.92 Å². The normalized spacial score (nSPS) is 12.1. The molecule has 0 unspecified atom stereocenters. The van der Waals surface area contributed by atoms with Crippen LogP contribution in [0.3, 0.4) is 0 Å². The third-order valence-electron chi connectivity index (χ3n) is 3.21. The molecule has 4 nitrogen and oxygen atoms in total. The van der Waals surface area contributed by atoms with E-state index in [1.165, 1.54) is 6.07 Å². The van der Waals surface area contributed by atoms with E-state index < -0.39 is 4.92 Å². The fraction of sp³-hybridized carbons (Fsp3) is 0.200. The lowest BCUT2D eigenvalue weighted by molar-refractivity contribution is -0.385. The van der Waals surface area contributed by atoms with Crippen LogP contribution in [0, 0.1) is 10.1 Å². The molecule has 0 saturated carbocycles. The van der Waals surface area contributed by atoms with Crippen molar-refractivity contribution in [2.24, 2.45) is 0 Å². The van der Waals surface area contributed by atoms with E-state index in [2.05, 4.69) is 21.2 Å². The third kappa shape index (κ3) is 4.27. The average Bonchev–Trinajstić information content (AvgIpc) is 2.46. The van der Waals surface area contributed by atoms with Crippen molar-refractivity contribution in [1.82, 2.24) is 5.32 Å². The minimum atomic E-state index is -0.410. The molecular weight excluding hydrogens is 356 g/mol. The fourth-order valence-corrected chi connectivity index (χ4v) is 2.42. The van der Waals surface area contributed by atoms with E-state index in [-0.39, 0.29) is 11.7 Å². The quantitative estimate of drug-likeness (QED) is 0.605. The average molecular weight is 370 g/mol. The number of rotatable bonds is 5. The molecule has 0 radical (unpaired) electrons. The molecule has 0 amide bonds. The van der Waals surface area contributed by atoms with Gasteiger partial charge in [0.15, 0.2) is 0 Å². The summed E-state index contributed by atoms with van der Waals surface area (Å²) >= 11 is 9.20.